The quantitative estimate of drug-likeness (QED) is 0.353. The van der Waals surface area contributed by atoms with Gasteiger partial charge in [-0.15, -0.1) is 0 Å². The molecule has 2 aliphatic heterocycles. The summed E-state index contributed by atoms with van der Waals surface area (Å²) in [5.74, 6) is 0.341. The van der Waals surface area contributed by atoms with Crippen LogP contribution in [0.3, 0.4) is 0 Å². The zero-order valence-corrected chi connectivity index (χ0v) is 22.2. The largest absolute Gasteiger partial charge is 0.493 e. The third-order valence-electron chi connectivity index (χ3n) is 8.89. The van der Waals surface area contributed by atoms with E-state index in [1.807, 2.05) is 12.1 Å². The number of hydrogen-bond acceptors (Lipinski definition) is 3. The topological polar surface area (TPSA) is 49.8 Å². The average Bonchev–Trinajstić information content (AvgIpc) is 3.73. The van der Waals surface area contributed by atoms with Crippen molar-refractivity contribution in [2.24, 2.45) is 23.7 Å². The van der Waals surface area contributed by atoms with Gasteiger partial charge in [-0.1, -0.05) is 19.1 Å². The Kier molecular flexibility index (Phi) is 7.85. The number of carbonyl (C=O) groups is 1. The number of aliphatic carboxylic acids is 1. The van der Waals surface area contributed by atoms with Gasteiger partial charge in [-0.25, -0.2) is 0 Å². The van der Waals surface area contributed by atoms with E-state index in [9.17, 15) is 36.2 Å². The van der Waals surface area contributed by atoms with Gasteiger partial charge in [-0.3, -0.25) is 9.69 Å². The van der Waals surface area contributed by atoms with Gasteiger partial charge in [0.05, 0.1) is 23.7 Å². The zero-order valence-electron chi connectivity index (χ0n) is 22.2. The van der Waals surface area contributed by atoms with Crippen molar-refractivity contribution in [3.8, 4) is 5.75 Å². The number of fused-ring (bicyclic) bond motifs is 1. The van der Waals surface area contributed by atoms with Gasteiger partial charge in [-0.2, -0.15) is 26.3 Å². The lowest BCUT2D eigenvalue weighted by Crippen LogP contribution is -2.39. The summed E-state index contributed by atoms with van der Waals surface area (Å²) in [5, 5.41) is 9.63. The highest BCUT2D eigenvalue weighted by atomic mass is 19.4. The maximum absolute atomic E-state index is 13.5. The molecule has 2 heterocycles. The van der Waals surface area contributed by atoms with Crippen LogP contribution in [0.4, 0.5) is 26.3 Å². The fraction of sp³-hybridized carbons (Fsp3) is 0.567. The summed E-state index contributed by atoms with van der Waals surface area (Å²) in [7, 11) is 0. The highest BCUT2D eigenvalue weighted by molar-refractivity contribution is 5.71. The second kappa shape index (κ2) is 10.9. The van der Waals surface area contributed by atoms with Crippen LogP contribution >= 0.6 is 0 Å². The van der Waals surface area contributed by atoms with Crippen LogP contribution in [-0.4, -0.2) is 35.7 Å². The minimum Gasteiger partial charge on any atom is -0.493 e. The van der Waals surface area contributed by atoms with E-state index in [0.717, 1.165) is 36.1 Å². The molecule has 1 N–H and O–H groups in total. The Bertz CT molecular complexity index is 1230. The summed E-state index contributed by atoms with van der Waals surface area (Å²) in [6.07, 6.45) is -5.19. The SMILES string of the molecule is C[C@H](C(=O)O)[C@H](c1ccc2c(c1)CC(C1CCN(Cc3cc(C(F)(F)F)ccc3C(F)(F)F)CC1)CO2)C1CC1. The molecule has 218 valence electrons. The first-order valence-corrected chi connectivity index (χ1v) is 13.8. The van der Waals surface area contributed by atoms with Crippen LogP contribution in [0.25, 0.3) is 0 Å². The van der Waals surface area contributed by atoms with Gasteiger partial charge in [0, 0.05) is 12.5 Å². The molecular weight excluding hydrogens is 536 g/mol. The smallest absolute Gasteiger partial charge is 0.416 e. The van der Waals surface area contributed by atoms with Crippen molar-refractivity contribution in [1.82, 2.24) is 4.90 Å². The lowest BCUT2D eigenvalue weighted by molar-refractivity contribution is -0.142. The molecule has 10 heteroatoms. The Morgan fingerprint density at radius 2 is 1.68 bits per heavy atom. The molecule has 40 heavy (non-hydrogen) atoms. The van der Waals surface area contributed by atoms with Gasteiger partial charge in [0.1, 0.15) is 5.75 Å². The van der Waals surface area contributed by atoms with Gasteiger partial charge in [0.2, 0.25) is 0 Å². The Labute approximate surface area is 229 Å². The Morgan fingerprint density at radius 1 is 0.975 bits per heavy atom. The number of carboxylic acids is 1. The third-order valence-corrected chi connectivity index (χ3v) is 8.89. The standard InChI is InChI=1S/C30H33F6NO3/c1-17(28(38)39)27(19-2-3-19)20-4-7-26-21(12-20)13-23(16-40-26)18-8-10-37(11-9-18)15-22-14-24(29(31,32)33)5-6-25(22)30(34,35)36/h4-7,12,14,17-19,23,27H,2-3,8-11,13,15-16H2,1H3,(H,38,39)/t17-,23?,27-/m0/s1. The van der Waals surface area contributed by atoms with Crippen molar-refractivity contribution in [3.63, 3.8) is 0 Å². The van der Waals surface area contributed by atoms with Crippen molar-refractivity contribution in [3.05, 3.63) is 64.2 Å². The highest BCUT2D eigenvalue weighted by Gasteiger charge is 2.40. The van der Waals surface area contributed by atoms with E-state index in [-0.39, 0.29) is 29.9 Å². The summed E-state index contributed by atoms with van der Waals surface area (Å²) in [6, 6.07) is 7.63. The summed E-state index contributed by atoms with van der Waals surface area (Å²) in [4.78, 5) is 13.5. The van der Waals surface area contributed by atoms with Crippen LogP contribution in [-0.2, 0) is 30.1 Å². The molecule has 0 bridgehead atoms. The van der Waals surface area contributed by atoms with Crippen LogP contribution in [0, 0.1) is 23.7 Å². The molecule has 0 radical (unpaired) electrons. The second-order valence-electron chi connectivity index (χ2n) is 11.6. The first kappa shape index (κ1) is 28.8. The number of alkyl halides is 6. The van der Waals surface area contributed by atoms with E-state index in [1.165, 1.54) is 0 Å². The number of rotatable bonds is 7. The minimum absolute atomic E-state index is 0.0381. The minimum atomic E-state index is -4.73. The Morgan fingerprint density at radius 3 is 2.27 bits per heavy atom. The van der Waals surface area contributed by atoms with Crippen LogP contribution < -0.4 is 4.74 Å². The maximum Gasteiger partial charge on any atom is 0.416 e. The van der Waals surface area contributed by atoms with Crippen molar-refractivity contribution < 1.29 is 41.0 Å². The molecule has 4 nitrogen and oxygen atoms in total. The number of halogens is 6. The first-order chi connectivity index (χ1) is 18.8. The monoisotopic (exact) mass is 569 g/mol. The number of carboxylic acid groups (broad SMARTS) is 1. The molecule has 1 saturated heterocycles. The lowest BCUT2D eigenvalue weighted by Gasteiger charge is -2.38. The van der Waals surface area contributed by atoms with E-state index < -0.39 is 35.4 Å². The van der Waals surface area contributed by atoms with E-state index in [2.05, 4.69) is 6.07 Å². The van der Waals surface area contributed by atoms with Crippen molar-refractivity contribution in [2.75, 3.05) is 19.7 Å². The Hall–Kier alpha value is -2.75. The molecule has 0 amide bonds. The van der Waals surface area contributed by atoms with Gasteiger partial charge in [-0.05, 0) is 104 Å². The molecule has 1 aliphatic carbocycles. The van der Waals surface area contributed by atoms with Crippen LogP contribution in [0.2, 0.25) is 0 Å². The fourth-order valence-electron chi connectivity index (χ4n) is 6.53. The Balaban J connectivity index is 1.24. The van der Waals surface area contributed by atoms with E-state index in [1.54, 1.807) is 11.8 Å². The number of ether oxygens (including phenoxy) is 1. The predicted molar refractivity (Wildman–Crippen MR) is 136 cm³/mol. The summed E-state index contributed by atoms with van der Waals surface area (Å²) >= 11 is 0. The third kappa shape index (κ3) is 6.26. The molecule has 0 aromatic heterocycles. The summed E-state index contributed by atoms with van der Waals surface area (Å²) in [6.45, 7) is 3.07. The van der Waals surface area contributed by atoms with Crippen molar-refractivity contribution in [2.45, 2.75) is 63.8 Å². The molecule has 2 aromatic rings. The second-order valence-corrected chi connectivity index (χ2v) is 11.6. The van der Waals surface area contributed by atoms with Gasteiger partial charge in [0.15, 0.2) is 0 Å². The molecule has 1 unspecified atom stereocenters. The van der Waals surface area contributed by atoms with Gasteiger partial charge < -0.3 is 9.84 Å². The van der Waals surface area contributed by atoms with Gasteiger partial charge in [0.25, 0.3) is 0 Å². The zero-order chi connectivity index (χ0) is 28.8. The van der Waals surface area contributed by atoms with E-state index >= 15 is 0 Å². The number of benzene rings is 2. The molecular formula is C30H33F6NO3. The fourth-order valence-corrected chi connectivity index (χ4v) is 6.53. The summed E-state index contributed by atoms with van der Waals surface area (Å²) in [5.41, 5.74) is -0.388. The molecule has 0 spiro atoms. The molecule has 2 fully saturated rings. The van der Waals surface area contributed by atoms with Crippen LogP contribution in [0.1, 0.15) is 66.3 Å². The van der Waals surface area contributed by atoms with Crippen LogP contribution in [0.5, 0.6) is 5.75 Å². The molecule has 3 atom stereocenters. The van der Waals surface area contributed by atoms with Crippen molar-refractivity contribution >= 4 is 5.97 Å². The number of piperidine rings is 1. The molecule has 1 saturated carbocycles. The highest BCUT2D eigenvalue weighted by Crippen LogP contribution is 2.48. The van der Waals surface area contributed by atoms with Crippen molar-refractivity contribution in [1.29, 1.82) is 0 Å². The van der Waals surface area contributed by atoms with E-state index in [0.29, 0.717) is 56.7 Å². The van der Waals surface area contributed by atoms with Gasteiger partial charge >= 0.3 is 18.3 Å². The normalized spacial score (nSPS) is 22.3. The maximum atomic E-state index is 13.5. The number of nitrogens with zero attached hydrogens (tertiary/aromatic N) is 1. The number of hydrogen-bond donors (Lipinski definition) is 1. The summed E-state index contributed by atoms with van der Waals surface area (Å²) < 4.78 is 86.2. The first-order valence-electron chi connectivity index (χ1n) is 13.8. The molecule has 3 aliphatic rings. The van der Waals surface area contributed by atoms with E-state index in [4.69, 9.17) is 4.74 Å². The molecule has 2 aromatic carbocycles. The van der Waals surface area contributed by atoms with Crippen LogP contribution in [0.15, 0.2) is 36.4 Å². The number of likely N-dealkylation sites (tertiary alicyclic amines) is 1. The molecule has 5 rings (SSSR count). The average molecular weight is 570 g/mol. The predicted octanol–water partition coefficient (Wildman–Crippen LogP) is 7.40. The lowest BCUT2D eigenvalue weighted by atomic mass is 9.78.